The number of hydrogen-bond acceptors (Lipinski definition) is 3. The smallest absolute Gasteiger partial charge is 0.214 e. The second kappa shape index (κ2) is 6.45. The molecule has 2 N–H and O–H groups in total. The maximum absolute atomic E-state index is 11.5. The maximum atomic E-state index is 11.5. The summed E-state index contributed by atoms with van der Waals surface area (Å²) in [4.78, 5) is 0. The Morgan fingerprint density at radius 2 is 1.67 bits per heavy atom. The third kappa shape index (κ3) is 6.12. The van der Waals surface area contributed by atoms with Crippen molar-refractivity contribution in [3.8, 4) is 0 Å². The molecule has 0 aliphatic rings. The SMILES string of the molecule is CC(C)CC[C@H](CO)NS(=O)(=O)C(C)C. The third-order valence-corrected chi connectivity index (χ3v) is 4.17. The lowest BCUT2D eigenvalue weighted by Gasteiger charge is -2.18. The Morgan fingerprint density at radius 1 is 1.13 bits per heavy atom. The van der Waals surface area contributed by atoms with Crippen LogP contribution in [0, 0.1) is 5.92 Å². The average Bonchev–Trinajstić information content (AvgIpc) is 2.11. The maximum Gasteiger partial charge on any atom is 0.214 e. The standard InChI is InChI=1S/C10H23NO3S/c1-8(2)5-6-10(7-12)11-15(13,14)9(3)4/h8-12H,5-7H2,1-4H3/t10-/m1/s1. The van der Waals surface area contributed by atoms with Gasteiger partial charge in [-0.3, -0.25) is 0 Å². The predicted molar refractivity (Wildman–Crippen MR) is 62.1 cm³/mol. The molecule has 0 aliphatic heterocycles. The van der Waals surface area contributed by atoms with Crippen molar-refractivity contribution in [2.24, 2.45) is 5.92 Å². The second-order valence-electron chi connectivity index (χ2n) is 4.56. The summed E-state index contributed by atoms with van der Waals surface area (Å²) in [6.07, 6.45) is 1.59. The van der Waals surface area contributed by atoms with E-state index < -0.39 is 15.3 Å². The van der Waals surface area contributed by atoms with E-state index >= 15 is 0 Å². The molecule has 0 heterocycles. The van der Waals surface area contributed by atoms with Crippen molar-refractivity contribution < 1.29 is 13.5 Å². The van der Waals surface area contributed by atoms with Crippen molar-refractivity contribution in [3.63, 3.8) is 0 Å². The van der Waals surface area contributed by atoms with Gasteiger partial charge in [0.05, 0.1) is 11.9 Å². The predicted octanol–water partition coefficient (Wildman–Crippen LogP) is 1.11. The first-order chi connectivity index (χ1) is 6.79. The zero-order chi connectivity index (χ0) is 12.1. The van der Waals surface area contributed by atoms with Gasteiger partial charge in [0.25, 0.3) is 0 Å². The van der Waals surface area contributed by atoms with E-state index in [9.17, 15) is 8.42 Å². The highest BCUT2D eigenvalue weighted by atomic mass is 32.2. The second-order valence-corrected chi connectivity index (χ2v) is 6.83. The van der Waals surface area contributed by atoms with E-state index in [4.69, 9.17) is 5.11 Å². The number of sulfonamides is 1. The first-order valence-electron chi connectivity index (χ1n) is 5.41. The molecule has 5 heteroatoms. The Balaban J connectivity index is 4.22. The van der Waals surface area contributed by atoms with Crippen LogP contribution in [0.4, 0.5) is 0 Å². The molecule has 0 aromatic heterocycles. The molecule has 0 radical (unpaired) electrons. The summed E-state index contributed by atoms with van der Waals surface area (Å²) in [6.45, 7) is 7.26. The summed E-state index contributed by atoms with van der Waals surface area (Å²) in [5.41, 5.74) is 0. The van der Waals surface area contributed by atoms with Crippen molar-refractivity contribution >= 4 is 10.0 Å². The largest absolute Gasteiger partial charge is 0.395 e. The lowest BCUT2D eigenvalue weighted by molar-refractivity contribution is 0.244. The third-order valence-electron chi connectivity index (χ3n) is 2.26. The average molecular weight is 237 g/mol. The molecule has 4 nitrogen and oxygen atoms in total. The van der Waals surface area contributed by atoms with Gasteiger partial charge in [-0.1, -0.05) is 13.8 Å². The fourth-order valence-corrected chi connectivity index (χ4v) is 2.02. The van der Waals surface area contributed by atoms with Gasteiger partial charge in [0.1, 0.15) is 0 Å². The zero-order valence-electron chi connectivity index (χ0n) is 10.0. The van der Waals surface area contributed by atoms with Crippen molar-refractivity contribution in [2.75, 3.05) is 6.61 Å². The molecule has 15 heavy (non-hydrogen) atoms. The molecule has 0 saturated carbocycles. The van der Waals surface area contributed by atoms with Gasteiger partial charge in [0.15, 0.2) is 0 Å². The number of rotatable bonds is 7. The normalized spacial score (nSPS) is 14.9. The van der Waals surface area contributed by atoms with Crippen LogP contribution < -0.4 is 4.72 Å². The summed E-state index contributed by atoms with van der Waals surface area (Å²) in [5, 5.41) is 8.60. The first-order valence-corrected chi connectivity index (χ1v) is 6.96. The van der Waals surface area contributed by atoms with Crippen molar-refractivity contribution in [2.45, 2.75) is 51.8 Å². The van der Waals surface area contributed by atoms with Crippen LogP contribution in [0.2, 0.25) is 0 Å². The van der Waals surface area contributed by atoms with E-state index in [0.717, 1.165) is 6.42 Å². The highest BCUT2D eigenvalue weighted by Crippen LogP contribution is 2.08. The van der Waals surface area contributed by atoms with Crippen LogP contribution in [0.5, 0.6) is 0 Å². The monoisotopic (exact) mass is 237 g/mol. The van der Waals surface area contributed by atoms with E-state index in [2.05, 4.69) is 18.6 Å². The van der Waals surface area contributed by atoms with Gasteiger partial charge in [-0.15, -0.1) is 0 Å². The molecule has 0 unspecified atom stereocenters. The molecule has 0 aliphatic carbocycles. The number of aliphatic hydroxyl groups excluding tert-OH is 1. The fraction of sp³-hybridized carbons (Fsp3) is 1.00. The molecule has 0 bridgehead atoms. The molecule has 92 valence electrons. The Bertz CT molecular complexity index is 260. The summed E-state index contributed by atoms with van der Waals surface area (Å²) >= 11 is 0. The molecule has 0 saturated heterocycles. The van der Waals surface area contributed by atoms with Crippen LogP contribution in [0.3, 0.4) is 0 Å². The Hall–Kier alpha value is -0.130. The van der Waals surface area contributed by atoms with Crippen molar-refractivity contribution in [1.29, 1.82) is 0 Å². The molecule has 0 aromatic carbocycles. The Kier molecular flexibility index (Phi) is 6.40. The van der Waals surface area contributed by atoms with Gasteiger partial charge < -0.3 is 5.11 Å². The van der Waals surface area contributed by atoms with E-state index in [-0.39, 0.29) is 12.6 Å². The molecule has 0 amide bonds. The minimum Gasteiger partial charge on any atom is -0.395 e. The highest BCUT2D eigenvalue weighted by Gasteiger charge is 2.20. The lowest BCUT2D eigenvalue weighted by atomic mass is 10.0. The van der Waals surface area contributed by atoms with E-state index in [1.165, 1.54) is 0 Å². The zero-order valence-corrected chi connectivity index (χ0v) is 10.8. The first kappa shape index (κ1) is 14.9. The van der Waals surface area contributed by atoms with Gasteiger partial charge in [0.2, 0.25) is 10.0 Å². The molecule has 0 rings (SSSR count). The van der Waals surface area contributed by atoms with Crippen molar-refractivity contribution in [1.82, 2.24) is 4.72 Å². The van der Waals surface area contributed by atoms with E-state index in [0.29, 0.717) is 12.3 Å². The van der Waals surface area contributed by atoms with Gasteiger partial charge in [-0.05, 0) is 32.6 Å². The van der Waals surface area contributed by atoms with Gasteiger partial charge in [-0.25, -0.2) is 13.1 Å². The highest BCUT2D eigenvalue weighted by molar-refractivity contribution is 7.90. The van der Waals surface area contributed by atoms with Crippen LogP contribution in [0.25, 0.3) is 0 Å². The fourth-order valence-electron chi connectivity index (χ4n) is 1.09. The molecular weight excluding hydrogens is 214 g/mol. The van der Waals surface area contributed by atoms with E-state index in [1.54, 1.807) is 13.8 Å². The van der Waals surface area contributed by atoms with Gasteiger partial charge >= 0.3 is 0 Å². The van der Waals surface area contributed by atoms with E-state index in [1.807, 2.05) is 0 Å². The van der Waals surface area contributed by atoms with Crippen LogP contribution in [-0.2, 0) is 10.0 Å². The molecule has 0 fully saturated rings. The summed E-state index contributed by atoms with van der Waals surface area (Å²) in [5.74, 6) is 0.516. The number of hydrogen-bond donors (Lipinski definition) is 2. The Morgan fingerprint density at radius 3 is 2.00 bits per heavy atom. The summed E-state index contributed by atoms with van der Waals surface area (Å²) < 4.78 is 25.6. The lowest BCUT2D eigenvalue weighted by Crippen LogP contribution is -2.41. The summed E-state index contributed by atoms with van der Waals surface area (Å²) in [7, 11) is -3.27. The van der Waals surface area contributed by atoms with Gasteiger partial charge in [0, 0.05) is 6.04 Å². The number of nitrogens with one attached hydrogen (secondary N) is 1. The quantitative estimate of drug-likeness (QED) is 0.697. The molecule has 1 atom stereocenters. The molecule has 0 spiro atoms. The minimum absolute atomic E-state index is 0.140. The molecule has 0 aromatic rings. The summed E-state index contributed by atoms with van der Waals surface area (Å²) in [6, 6.07) is -0.347. The topological polar surface area (TPSA) is 66.4 Å². The van der Waals surface area contributed by atoms with Gasteiger partial charge in [-0.2, -0.15) is 0 Å². The minimum atomic E-state index is -3.27. The van der Waals surface area contributed by atoms with Crippen molar-refractivity contribution in [3.05, 3.63) is 0 Å². The van der Waals surface area contributed by atoms with Crippen LogP contribution in [0.1, 0.15) is 40.5 Å². The van der Waals surface area contributed by atoms with Crippen LogP contribution in [0.15, 0.2) is 0 Å². The Labute approximate surface area is 93.1 Å². The van der Waals surface area contributed by atoms with Crippen LogP contribution >= 0.6 is 0 Å². The number of aliphatic hydroxyl groups is 1. The molecular formula is C10H23NO3S. The van der Waals surface area contributed by atoms with Crippen LogP contribution in [-0.4, -0.2) is 31.4 Å².